The lowest BCUT2D eigenvalue weighted by molar-refractivity contribution is 0.238. The molecule has 0 unspecified atom stereocenters. The van der Waals surface area contributed by atoms with Crippen molar-refractivity contribution < 1.29 is 9.84 Å². The lowest BCUT2D eigenvalue weighted by Gasteiger charge is -2.14. The maximum atomic E-state index is 9.45. The molecule has 1 heterocycles. The number of aryl methyl sites for hydroxylation is 2. The minimum absolute atomic E-state index is 0.0434. The van der Waals surface area contributed by atoms with Gasteiger partial charge in [-0.3, -0.25) is 0 Å². The van der Waals surface area contributed by atoms with E-state index in [0.29, 0.717) is 0 Å². The second kappa shape index (κ2) is 4.48. The monoisotopic (exact) mass is 254 g/mol. The molecular formula is C17H18O2. The van der Waals surface area contributed by atoms with Gasteiger partial charge in [0.2, 0.25) is 0 Å². The highest BCUT2D eigenvalue weighted by Crippen LogP contribution is 2.51. The van der Waals surface area contributed by atoms with Crippen molar-refractivity contribution >= 4 is 0 Å². The Hall–Kier alpha value is -1.64. The zero-order valence-electron chi connectivity index (χ0n) is 11.3. The molecule has 2 aromatic rings. The summed E-state index contributed by atoms with van der Waals surface area (Å²) in [5.74, 6) is 0. The number of aliphatic hydroxyl groups is 1. The Morgan fingerprint density at radius 1 is 0.895 bits per heavy atom. The molecule has 0 amide bonds. The number of epoxide rings is 1. The van der Waals surface area contributed by atoms with Gasteiger partial charge in [-0.1, -0.05) is 59.7 Å². The van der Waals surface area contributed by atoms with E-state index in [1.54, 1.807) is 0 Å². The fourth-order valence-electron chi connectivity index (χ4n) is 2.63. The highest BCUT2D eigenvalue weighted by atomic mass is 16.6. The van der Waals surface area contributed by atoms with Gasteiger partial charge in [0.05, 0.1) is 6.61 Å². The minimum atomic E-state index is -0.462. The average Bonchev–Trinajstić information content (AvgIpc) is 3.16. The fourth-order valence-corrected chi connectivity index (χ4v) is 2.63. The molecule has 0 spiro atoms. The van der Waals surface area contributed by atoms with Crippen LogP contribution >= 0.6 is 0 Å². The smallest absolute Gasteiger partial charge is 0.147 e. The van der Waals surface area contributed by atoms with Crippen LogP contribution < -0.4 is 0 Å². The van der Waals surface area contributed by atoms with Crippen molar-refractivity contribution in [2.75, 3.05) is 6.61 Å². The van der Waals surface area contributed by atoms with E-state index in [-0.39, 0.29) is 12.7 Å². The Bertz CT molecular complexity index is 524. The summed E-state index contributed by atoms with van der Waals surface area (Å²) in [5.41, 5.74) is 4.21. The predicted molar refractivity (Wildman–Crippen MR) is 75.1 cm³/mol. The van der Waals surface area contributed by atoms with Crippen molar-refractivity contribution in [2.45, 2.75) is 25.6 Å². The predicted octanol–water partition coefficient (Wildman–Crippen LogP) is 2.94. The Kier molecular flexibility index (Phi) is 2.92. The molecule has 0 bridgehead atoms. The standard InChI is InChI=1S/C17H18O2/c1-12-3-7-14(8-4-12)17(16(11-18)19-17)15-9-5-13(2)6-10-15/h3-10,16,18H,11H2,1-2H3/t16-/m1/s1. The molecule has 1 fully saturated rings. The zero-order valence-corrected chi connectivity index (χ0v) is 11.3. The number of rotatable bonds is 3. The summed E-state index contributed by atoms with van der Waals surface area (Å²) in [4.78, 5) is 0. The lowest BCUT2D eigenvalue weighted by Crippen LogP contribution is -2.17. The molecule has 0 aliphatic carbocycles. The van der Waals surface area contributed by atoms with Crippen molar-refractivity contribution in [3.05, 3.63) is 70.8 Å². The summed E-state index contributed by atoms with van der Waals surface area (Å²) in [6.07, 6.45) is -0.141. The van der Waals surface area contributed by atoms with E-state index >= 15 is 0 Å². The van der Waals surface area contributed by atoms with E-state index in [1.165, 1.54) is 11.1 Å². The Morgan fingerprint density at radius 2 is 1.32 bits per heavy atom. The van der Waals surface area contributed by atoms with Crippen LogP contribution in [0.25, 0.3) is 0 Å². The first kappa shape index (κ1) is 12.4. The van der Waals surface area contributed by atoms with Crippen LogP contribution in [0, 0.1) is 13.8 Å². The molecule has 1 aliphatic rings. The number of aliphatic hydroxyl groups excluding tert-OH is 1. The van der Waals surface area contributed by atoms with Crippen LogP contribution in [0.1, 0.15) is 22.3 Å². The summed E-state index contributed by atoms with van der Waals surface area (Å²) < 4.78 is 5.86. The summed E-state index contributed by atoms with van der Waals surface area (Å²) in [7, 11) is 0. The molecule has 98 valence electrons. The highest BCUT2D eigenvalue weighted by Gasteiger charge is 2.58. The maximum absolute atomic E-state index is 9.45. The van der Waals surface area contributed by atoms with Crippen molar-refractivity contribution in [3.8, 4) is 0 Å². The Labute approximate surface area is 113 Å². The molecule has 2 aromatic carbocycles. The van der Waals surface area contributed by atoms with Crippen molar-refractivity contribution in [2.24, 2.45) is 0 Å². The van der Waals surface area contributed by atoms with Crippen LogP contribution in [0.5, 0.6) is 0 Å². The van der Waals surface area contributed by atoms with Crippen LogP contribution in [0.2, 0.25) is 0 Å². The molecule has 1 aliphatic heterocycles. The van der Waals surface area contributed by atoms with Gasteiger partial charge in [-0.2, -0.15) is 0 Å². The third-order valence-electron chi connectivity index (χ3n) is 3.85. The molecule has 3 rings (SSSR count). The molecule has 1 atom stereocenters. The first-order chi connectivity index (χ1) is 9.16. The van der Waals surface area contributed by atoms with E-state index in [2.05, 4.69) is 62.4 Å². The van der Waals surface area contributed by atoms with E-state index in [0.717, 1.165) is 11.1 Å². The van der Waals surface area contributed by atoms with E-state index in [1.807, 2.05) is 0 Å². The SMILES string of the molecule is Cc1ccc(C2(c3ccc(C)cc3)O[C@@H]2CO)cc1. The Balaban J connectivity index is 2.05. The van der Waals surface area contributed by atoms with Crippen molar-refractivity contribution in [3.63, 3.8) is 0 Å². The summed E-state index contributed by atoms with van der Waals surface area (Å²) in [5, 5.41) is 9.45. The van der Waals surface area contributed by atoms with Crippen LogP contribution in [0.4, 0.5) is 0 Å². The van der Waals surface area contributed by atoms with Gasteiger partial charge >= 0.3 is 0 Å². The summed E-state index contributed by atoms with van der Waals surface area (Å²) >= 11 is 0. The normalized spacial score (nSPS) is 20.3. The molecule has 1 saturated heterocycles. The van der Waals surface area contributed by atoms with Gasteiger partial charge in [0.15, 0.2) is 0 Å². The van der Waals surface area contributed by atoms with Crippen molar-refractivity contribution in [1.29, 1.82) is 0 Å². The molecule has 2 nitrogen and oxygen atoms in total. The van der Waals surface area contributed by atoms with Gasteiger partial charge < -0.3 is 9.84 Å². The Morgan fingerprint density at radius 3 is 1.63 bits per heavy atom. The maximum Gasteiger partial charge on any atom is 0.147 e. The van der Waals surface area contributed by atoms with E-state index in [9.17, 15) is 5.11 Å². The molecule has 2 heteroatoms. The zero-order chi connectivity index (χ0) is 13.5. The fraction of sp³-hybridized carbons (Fsp3) is 0.294. The molecule has 0 aromatic heterocycles. The average molecular weight is 254 g/mol. The highest BCUT2D eigenvalue weighted by molar-refractivity contribution is 5.44. The van der Waals surface area contributed by atoms with Crippen LogP contribution in [-0.2, 0) is 10.3 Å². The van der Waals surface area contributed by atoms with E-state index in [4.69, 9.17) is 4.74 Å². The van der Waals surface area contributed by atoms with Gasteiger partial charge in [0, 0.05) is 0 Å². The first-order valence-electron chi connectivity index (χ1n) is 6.60. The van der Waals surface area contributed by atoms with Crippen molar-refractivity contribution in [1.82, 2.24) is 0 Å². The third kappa shape index (κ3) is 1.97. The largest absolute Gasteiger partial charge is 0.394 e. The quantitative estimate of drug-likeness (QED) is 0.854. The summed E-state index contributed by atoms with van der Waals surface area (Å²) in [6, 6.07) is 16.7. The number of hydrogen-bond acceptors (Lipinski definition) is 2. The van der Waals surface area contributed by atoms with Crippen LogP contribution in [0.3, 0.4) is 0 Å². The second-order valence-corrected chi connectivity index (χ2v) is 5.26. The third-order valence-corrected chi connectivity index (χ3v) is 3.85. The summed E-state index contributed by atoms with van der Waals surface area (Å²) in [6.45, 7) is 4.18. The number of ether oxygens (including phenoxy) is 1. The molecule has 0 radical (unpaired) electrons. The van der Waals surface area contributed by atoms with Crippen LogP contribution in [-0.4, -0.2) is 17.8 Å². The topological polar surface area (TPSA) is 32.8 Å². The molecule has 1 N–H and O–H groups in total. The minimum Gasteiger partial charge on any atom is -0.394 e. The van der Waals surface area contributed by atoms with E-state index < -0.39 is 5.60 Å². The van der Waals surface area contributed by atoms with Gasteiger partial charge in [0.25, 0.3) is 0 Å². The van der Waals surface area contributed by atoms with Crippen LogP contribution in [0.15, 0.2) is 48.5 Å². The molecular weight excluding hydrogens is 236 g/mol. The second-order valence-electron chi connectivity index (χ2n) is 5.26. The van der Waals surface area contributed by atoms with Gasteiger partial charge in [-0.15, -0.1) is 0 Å². The number of hydrogen-bond donors (Lipinski definition) is 1. The lowest BCUT2D eigenvalue weighted by atomic mass is 9.87. The van der Waals surface area contributed by atoms with Gasteiger partial charge in [0.1, 0.15) is 11.7 Å². The first-order valence-corrected chi connectivity index (χ1v) is 6.60. The molecule has 0 saturated carbocycles. The molecule has 19 heavy (non-hydrogen) atoms. The van der Waals surface area contributed by atoms with Gasteiger partial charge in [-0.05, 0) is 25.0 Å². The van der Waals surface area contributed by atoms with Gasteiger partial charge in [-0.25, -0.2) is 0 Å². The number of benzene rings is 2.